The highest BCUT2D eigenvalue weighted by Gasteiger charge is 2.18. The second-order valence-electron chi connectivity index (χ2n) is 6.52. The van der Waals surface area contributed by atoms with Crippen LogP contribution in [-0.2, 0) is 6.42 Å². The summed E-state index contributed by atoms with van der Waals surface area (Å²) in [5.41, 5.74) is 3.83. The molecule has 3 aromatic rings. The average Bonchev–Trinajstić information content (AvgIpc) is 2.99. The SMILES string of the molecule is Cc1nc(C)c(-c2ccc(C(=O)N(C)[C@@H](C)Cc3ccccn3)cc2)s1. The van der Waals surface area contributed by atoms with Crippen LogP contribution in [0.4, 0.5) is 0 Å². The number of thiazole rings is 1. The molecule has 1 atom stereocenters. The molecule has 2 heterocycles. The molecule has 0 bridgehead atoms. The number of aryl methyl sites for hydroxylation is 2. The van der Waals surface area contributed by atoms with Gasteiger partial charge in [0.15, 0.2) is 0 Å². The van der Waals surface area contributed by atoms with Gasteiger partial charge in [0.2, 0.25) is 0 Å². The summed E-state index contributed by atoms with van der Waals surface area (Å²) in [6, 6.07) is 13.7. The van der Waals surface area contributed by atoms with Crippen molar-refractivity contribution in [2.45, 2.75) is 33.2 Å². The van der Waals surface area contributed by atoms with Crippen LogP contribution in [0.3, 0.4) is 0 Å². The lowest BCUT2D eigenvalue weighted by Gasteiger charge is -2.25. The predicted octanol–water partition coefficient (Wildman–Crippen LogP) is 4.53. The highest BCUT2D eigenvalue weighted by molar-refractivity contribution is 7.15. The maximum Gasteiger partial charge on any atom is 0.253 e. The van der Waals surface area contributed by atoms with E-state index in [1.54, 1.807) is 22.4 Å². The first-order valence-electron chi connectivity index (χ1n) is 8.67. The van der Waals surface area contributed by atoms with Crippen LogP contribution in [0.25, 0.3) is 10.4 Å². The number of rotatable bonds is 5. The van der Waals surface area contributed by atoms with Crippen molar-refractivity contribution in [1.29, 1.82) is 0 Å². The summed E-state index contributed by atoms with van der Waals surface area (Å²) in [5, 5.41) is 1.06. The van der Waals surface area contributed by atoms with Crippen molar-refractivity contribution in [3.8, 4) is 10.4 Å². The van der Waals surface area contributed by atoms with Gasteiger partial charge >= 0.3 is 0 Å². The van der Waals surface area contributed by atoms with Crippen LogP contribution in [0.1, 0.15) is 33.7 Å². The Balaban J connectivity index is 1.72. The minimum absolute atomic E-state index is 0.0252. The molecule has 0 radical (unpaired) electrons. The molecule has 0 spiro atoms. The maximum absolute atomic E-state index is 12.8. The molecule has 0 fully saturated rings. The van der Waals surface area contributed by atoms with E-state index in [4.69, 9.17) is 0 Å². The Kier molecular flexibility index (Phi) is 5.47. The van der Waals surface area contributed by atoms with Crippen molar-refractivity contribution >= 4 is 17.2 Å². The highest BCUT2D eigenvalue weighted by Crippen LogP contribution is 2.29. The number of pyridine rings is 1. The summed E-state index contributed by atoms with van der Waals surface area (Å²) >= 11 is 1.68. The molecule has 0 aliphatic heterocycles. The third-order valence-electron chi connectivity index (χ3n) is 4.51. The predicted molar refractivity (Wildman–Crippen MR) is 107 cm³/mol. The monoisotopic (exact) mass is 365 g/mol. The molecule has 2 aromatic heterocycles. The van der Waals surface area contributed by atoms with Crippen LogP contribution in [0.2, 0.25) is 0 Å². The van der Waals surface area contributed by atoms with Gasteiger partial charge in [0.1, 0.15) is 0 Å². The zero-order valence-corrected chi connectivity index (χ0v) is 16.4. The fraction of sp³-hybridized carbons (Fsp3) is 0.286. The highest BCUT2D eigenvalue weighted by atomic mass is 32.1. The molecule has 1 amide bonds. The lowest BCUT2D eigenvalue weighted by atomic mass is 10.1. The van der Waals surface area contributed by atoms with E-state index in [0.29, 0.717) is 5.56 Å². The number of carbonyl (C=O) groups is 1. The van der Waals surface area contributed by atoms with Crippen LogP contribution in [0, 0.1) is 13.8 Å². The normalized spacial score (nSPS) is 12.0. The minimum atomic E-state index is 0.0252. The average molecular weight is 366 g/mol. The molecule has 5 heteroatoms. The van der Waals surface area contributed by atoms with E-state index in [1.807, 2.05) is 70.3 Å². The first-order valence-corrected chi connectivity index (χ1v) is 9.49. The Bertz CT molecular complexity index is 887. The molecular weight excluding hydrogens is 342 g/mol. The first-order chi connectivity index (χ1) is 12.5. The lowest BCUT2D eigenvalue weighted by molar-refractivity contribution is 0.0743. The number of aromatic nitrogens is 2. The van der Waals surface area contributed by atoms with Gasteiger partial charge in [0.25, 0.3) is 5.91 Å². The summed E-state index contributed by atoms with van der Waals surface area (Å²) in [6.45, 7) is 6.08. The van der Waals surface area contributed by atoms with Gasteiger partial charge in [-0.25, -0.2) is 4.98 Å². The molecule has 4 nitrogen and oxygen atoms in total. The second kappa shape index (κ2) is 7.79. The lowest BCUT2D eigenvalue weighted by Crippen LogP contribution is -2.36. The molecule has 0 unspecified atom stereocenters. The summed E-state index contributed by atoms with van der Waals surface area (Å²) in [6.07, 6.45) is 2.52. The second-order valence-corrected chi connectivity index (χ2v) is 7.72. The summed E-state index contributed by atoms with van der Waals surface area (Å²) < 4.78 is 0. The van der Waals surface area contributed by atoms with Gasteiger partial charge in [0, 0.05) is 37.0 Å². The van der Waals surface area contributed by atoms with Gasteiger partial charge in [0.05, 0.1) is 15.6 Å². The van der Waals surface area contributed by atoms with E-state index in [0.717, 1.165) is 28.4 Å². The molecule has 3 rings (SSSR count). The van der Waals surface area contributed by atoms with Crippen molar-refractivity contribution in [2.24, 2.45) is 0 Å². The van der Waals surface area contributed by atoms with E-state index in [-0.39, 0.29) is 11.9 Å². The number of nitrogens with zero attached hydrogens (tertiary/aromatic N) is 3. The van der Waals surface area contributed by atoms with E-state index in [9.17, 15) is 4.79 Å². The van der Waals surface area contributed by atoms with Gasteiger partial charge in [-0.3, -0.25) is 9.78 Å². The van der Waals surface area contributed by atoms with Crippen molar-refractivity contribution < 1.29 is 4.79 Å². The summed E-state index contributed by atoms with van der Waals surface area (Å²) in [4.78, 5) is 24.6. The number of carbonyl (C=O) groups excluding carboxylic acids is 1. The maximum atomic E-state index is 12.8. The Labute approximate surface area is 158 Å². The number of hydrogen-bond donors (Lipinski definition) is 0. The number of amides is 1. The Hall–Kier alpha value is -2.53. The standard InChI is InChI=1S/C21H23N3OS/c1-14(13-19-7-5-6-12-22-19)24(4)21(25)18-10-8-17(9-11-18)20-15(2)23-16(3)26-20/h5-12,14H,13H2,1-4H3/t14-/m0/s1. The van der Waals surface area contributed by atoms with Crippen molar-refractivity contribution in [3.63, 3.8) is 0 Å². The fourth-order valence-corrected chi connectivity index (χ4v) is 3.85. The van der Waals surface area contributed by atoms with E-state index < -0.39 is 0 Å². The van der Waals surface area contributed by atoms with Crippen molar-refractivity contribution in [2.75, 3.05) is 7.05 Å². The van der Waals surface area contributed by atoms with Crippen LogP contribution < -0.4 is 0 Å². The van der Waals surface area contributed by atoms with Crippen molar-refractivity contribution in [1.82, 2.24) is 14.9 Å². The summed E-state index contributed by atoms with van der Waals surface area (Å²) in [7, 11) is 1.85. The van der Waals surface area contributed by atoms with Gasteiger partial charge in [-0.15, -0.1) is 11.3 Å². The molecular formula is C21H23N3OS. The molecule has 1 aromatic carbocycles. The largest absolute Gasteiger partial charge is 0.339 e. The Morgan fingerprint density at radius 2 is 1.88 bits per heavy atom. The summed E-state index contributed by atoms with van der Waals surface area (Å²) in [5.74, 6) is 0.0252. The molecule has 0 aliphatic carbocycles. The molecule has 0 saturated carbocycles. The van der Waals surface area contributed by atoms with Crippen LogP contribution in [0.15, 0.2) is 48.7 Å². The van der Waals surface area contributed by atoms with E-state index >= 15 is 0 Å². The number of hydrogen-bond acceptors (Lipinski definition) is 4. The zero-order chi connectivity index (χ0) is 18.7. The number of benzene rings is 1. The first kappa shape index (κ1) is 18.3. The van der Waals surface area contributed by atoms with Crippen molar-refractivity contribution in [3.05, 3.63) is 70.6 Å². The molecule has 0 saturated heterocycles. The zero-order valence-electron chi connectivity index (χ0n) is 15.6. The Morgan fingerprint density at radius 3 is 2.46 bits per heavy atom. The smallest absolute Gasteiger partial charge is 0.253 e. The number of likely N-dealkylation sites (N-methyl/N-ethyl adjacent to an activating group) is 1. The van der Waals surface area contributed by atoms with Crippen LogP contribution >= 0.6 is 11.3 Å². The van der Waals surface area contributed by atoms with Gasteiger partial charge in [-0.05, 0) is 50.6 Å². The fourth-order valence-electron chi connectivity index (χ4n) is 2.93. The third kappa shape index (κ3) is 3.99. The molecule has 134 valence electrons. The van der Waals surface area contributed by atoms with Gasteiger partial charge < -0.3 is 4.90 Å². The van der Waals surface area contributed by atoms with Gasteiger partial charge in [-0.2, -0.15) is 0 Å². The topological polar surface area (TPSA) is 46.1 Å². The third-order valence-corrected chi connectivity index (χ3v) is 5.63. The quantitative estimate of drug-likeness (QED) is 0.667. The minimum Gasteiger partial charge on any atom is -0.339 e. The molecule has 0 N–H and O–H groups in total. The van der Waals surface area contributed by atoms with Gasteiger partial charge in [-0.1, -0.05) is 18.2 Å². The van der Waals surface area contributed by atoms with Crippen LogP contribution in [0.5, 0.6) is 0 Å². The van der Waals surface area contributed by atoms with E-state index in [2.05, 4.69) is 9.97 Å². The van der Waals surface area contributed by atoms with E-state index in [1.165, 1.54) is 4.88 Å². The Morgan fingerprint density at radius 1 is 1.15 bits per heavy atom. The molecule has 26 heavy (non-hydrogen) atoms. The molecule has 0 aliphatic rings. The van der Waals surface area contributed by atoms with Crippen LogP contribution in [-0.4, -0.2) is 33.9 Å².